The van der Waals surface area contributed by atoms with Gasteiger partial charge in [-0.15, -0.1) is 12.8 Å². The van der Waals surface area contributed by atoms with Gasteiger partial charge >= 0.3 is 0 Å². The van der Waals surface area contributed by atoms with Crippen LogP contribution in [0, 0.1) is 31.4 Å². The Morgan fingerprint density at radius 2 is 1.86 bits per heavy atom. The van der Waals surface area contributed by atoms with Gasteiger partial charge in [0.25, 0.3) is 0 Å². The molecule has 0 saturated carbocycles. The summed E-state index contributed by atoms with van der Waals surface area (Å²) in [6.07, 6.45) is 8.88. The van der Waals surface area contributed by atoms with Crippen molar-refractivity contribution in [3.8, 4) is 12.8 Å². The number of terminal acetylenes is 1. The van der Waals surface area contributed by atoms with Gasteiger partial charge in [0.2, 0.25) is 0 Å². The number of anilines is 1. The third kappa shape index (κ3) is 3.25. The Bertz CT molecular complexity index is 996. The van der Waals surface area contributed by atoms with Gasteiger partial charge in [0, 0.05) is 41.4 Å². The monoisotopic (exact) mass is 381 g/mol. The molecule has 1 aliphatic rings. The van der Waals surface area contributed by atoms with Crippen molar-refractivity contribution >= 4 is 16.6 Å². The van der Waals surface area contributed by atoms with Gasteiger partial charge in [0.1, 0.15) is 11.6 Å². The number of H-pyrrole nitrogens is 1. The Kier molecular flexibility index (Phi) is 5.71. The highest BCUT2D eigenvalue weighted by molar-refractivity contribution is 5.86. The maximum atomic E-state index is 14.9. The average molecular weight is 381 g/mol. The number of hydrogen-bond donors (Lipinski definition) is 2. The number of nitrogens with zero attached hydrogens (tertiary/aromatic N) is 1. The third-order valence-corrected chi connectivity index (χ3v) is 5.43. The number of rotatable bonds is 3. The second-order valence-corrected chi connectivity index (χ2v) is 6.95. The molecule has 0 amide bonds. The molecule has 2 N–H and O–H groups in total. The van der Waals surface area contributed by atoms with Gasteiger partial charge in [0.15, 0.2) is 0 Å². The van der Waals surface area contributed by atoms with E-state index in [9.17, 15) is 8.78 Å². The van der Waals surface area contributed by atoms with E-state index in [-0.39, 0.29) is 5.56 Å². The van der Waals surface area contributed by atoms with Crippen LogP contribution < -0.4 is 5.32 Å². The molecule has 1 aliphatic heterocycles. The zero-order valence-corrected chi connectivity index (χ0v) is 16.4. The summed E-state index contributed by atoms with van der Waals surface area (Å²) < 4.78 is 29.8. The molecule has 2 heterocycles. The molecule has 0 saturated heterocycles. The van der Waals surface area contributed by atoms with Crippen LogP contribution in [0.4, 0.5) is 14.5 Å². The van der Waals surface area contributed by atoms with Gasteiger partial charge in [-0.25, -0.2) is 8.78 Å². The summed E-state index contributed by atoms with van der Waals surface area (Å²) >= 11 is 0. The molecule has 1 aromatic heterocycles. The Balaban J connectivity index is 0.00000109. The summed E-state index contributed by atoms with van der Waals surface area (Å²) in [5.74, 6) is -1.03. The lowest BCUT2D eigenvalue weighted by molar-refractivity contribution is 0.214. The fourth-order valence-electron chi connectivity index (χ4n) is 4.11. The zero-order chi connectivity index (χ0) is 20.4. The van der Waals surface area contributed by atoms with E-state index in [1.165, 1.54) is 23.3 Å². The van der Waals surface area contributed by atoms with Crippen LogP contribution in [0.25, 0.3) is 10.9 Å². The first-order valence-corrected chi connectivity index (χ1v) is 9.38. The van der Waals surface area contributed by atoms with Crippen molar-refractivity contribution in [3.05, 3.63) is 64.4 Å². The SMILES string of the molecule is C#C.CCN1CCc2c([nH]c3ccc(C)cc23)[C@@H]1c1c(F)cc(NC)cc1F. The highest BCUT2D eigenvalue weighted by Gasteiger charge is 2.34. The fourth-order valence-corrected chi connectivity index (χ4v) is 4.11. The minimum absolute atomic E-state index is 0.120. The minimum Gasteiger partial charge on any atom is -0.388 e. The van der Waals surface area contributed by atoms with E-state index >= 15 is 0 Å². The van der Waals surface area contributed by atoms with Gasteiger partial charge in [-0.2, -0.15) is 0 Å². The molecule has 0 fully saturated rings. The molecular weight excluding hydrogens is 356 g/mol. The number of fused-ring (bicyclic) bond motifs is 3. The molecule has 3 nitrogen and oxygen atoms in total. The normalized spacial score (nSPS) is 16.3. The number of nitrogens with one attached hydrogen (secondary N) is 2. The molecule has 28 heavy (non-hydrogen) atoms. The first-order valence-electron chi connectivity index (χ1n) is 9.38. The lowest BCUT2D eigenvalue weighted by atomic mass is 9.91. The first-order chi connectivity index (χ1) is 13.5. The maximum absolute atomic E-state index is 14.9. The Morgan fingerprint density at radius 3 is 2.46 bits per heavy atom. The molecule has 0 unspecified atom stereocenters. The van der Waals surface area contributed by atoms with Gasteiger partial charge in [-0.1, -0.05) is 18.6 Å². The lowest BCUT2D eigenvalue weighted by Gasteiger charge is -2.35. The van der Waals surface area contributed by atoms with Crippen LogP contribution in [0.1, 0.15) is 35.3 Å². The van der Waals surface area contributed by atoms with E-state index in [2.05, 4.69) is 47.1 Å². The van der Waals surface area contributed by atoms with Crippen LogP contribution in [-0.4, -0.2) is 30.0 Å². The van der Waals surface area contributed by atoms with Crippen LogP contribution in [0.3, 0.4) is 0 Å². The van der Waals surface area contributed by atoms with Gasteiger partial charge < -0.3 is 10.3 Å². The molecular formula is C23H25F2N3. The fraction of sp³-hybridized carbons (Fsp3) is 0.304. The summed E-state index contributed by atoms with van der Waals surface area (Å²) in [6.45, 7) is 5.60. The molecule has 0 aliphatic carbocycles. The van der Waals surface area contributed by atoms with Crippen molar-refractivity contribution in [1.82, 2.24) is 9.88 Å². The quantitative estimate of drug-likeness (QED) is 0.625. The number of hydrogen-bond acceptors (Lipinski definition) is 2. The number of benzene rings is 2. The standard InChI is InChI=1S/C21H23F2N3.C2H2/c1-4-26-8-7-14-15-9-12(2)5-6-18(15)25-20(14)21(26)19-16(22)10-13(24-3)11-17(19)23;1-2/h5-6,9-11,21,24-25H,4,7-8H2,1-3H3;1-2H/t21-;/m0./s1. The third-order valence-electron chi connectivity index (χ3n) is 5.43. The van der Waals surface area contributed by atoms with E-state index in [0.29, 0.717) is 5.69 Å². The molecule has 1 atom stereocenters. The summed E-state index contributed by atoms with van der Waals surface area (Å²) in [5.41, 5.74) is 4.86. The summed E-state index contributed by atoms with van der Waals surface area (Å²) in [7, 11) is 1.66. The van der Waals surface area contributed by atoms with E-state index in [0.717, 1.165) is 36.1 Å². The van der Waals surface area contributed by atoms with Crippen LogP contribution in [0.5, 0.6) is 0 Å². The average Bonchev–Trinajstić information content (AvgIpc) is 3.07. The topological polar surface area (TPSA) is 31.1 Å². The Hall–Kier alpha value is -2.84. The van der Waals surface area contributed by atoms with Crippen LogP contribution in [-0.2, 0) is 6.42 Å². The van der Waals surface area contributed by atoms with Crippen molar-refractivity contribution in [2.24, 2.45) is 0 Å². The van der Waals surface area contributed by atoms with Crippen molar-refractivity contribution in [2.45, 2.75) is 26.3 Å². The predicted octanol–water partition coefficient (Wildman–Crippen LogP) is 5.01. The second-order valence-electron chi connectivity index (χ2n) is 6.95. The van der Waals surface area contributed by atoms with E-state index in [4.69, 9.17) is 0 Å². The highest BCUT2D eigenvalue weighted by atomic mass is 19.1. The van der Waals surface area contributed by atoms with Crippen LogP contribution in [0.2, 0.25) is 0 Å². The minimum atomic E-state index is -0.513. The smallest absolute Gasteiger partial charge is 0.133 e. The van der Waals surface area contributed by atoms with Crippen molar-refractivity contribution in [2.75, 3.05) is 25.5 Å². The number of aryl methyl sites for hydroxylation is 1. The molecule has 4 rings (SSSR count). The van der Waals surface area contributed by atoms with E-state index in [1.807, 2.05) is 13.0 Å². The largest absolute Gasteiger partial charge is 0.388 e. The number of aromatic amines is 1. The predicted molar refractivity (Wildman–Crippen MR) is 112 cm³/mol. The summed E-state index contributed by atoms with van der Waals surface area (Å²) in [4.78, 5) is 5.58. The van der Waals surface area contributed by atoms with Gasteiger partial charge in [-0.3, -0.25) is 4.90 Å². The zero-order valence-electron chi connectivity index (χ0n) is 16.4. The highest BCUT2D eigenvalue weighted by Crippen LogP contribution is 2.40. The summed E-state index contributed by atoms with van der Waals surface area (Å²) in [6, 6.07) is 8.55. The van der Waals surface area contributed by atoms with Crippen molar-refractivity contribution in [1.29, 1.82) is 0 Å². The van der Waals surface area contributed by atoms with Gasteiger partial charge in [-0.05, 0) is 49.7 Å². The molecule has 2 aromatic carbocycles. The molecule has 0 bridgehead atoms. The summed E-state index contributed by atoms with van der Waals surface area (Å²) in [5, 5.41) is 3.97. The maximum Gasteiger partial charge on any atom is 0.133 e. The number of likely N-dealkylation sites (N-methyl/N-ethyl adjacent to an activating group) is 1. The second kappa shape index (κ2) is 8.04. The lowest BCUT2D eigenvalue weighted by Crippen LogP contribution is -2.36. The van der Waals surface area contributed by atoms with Crippen LogP contribution >= 0.6 is 0 Å². The Labute approximate surface area is 164 Å². The van der Waals surface area contributed by atoms with Crippen molar-refractivity contribution in [3.63, 3.8) is 0 Å². The molecule has 0 spiro atoms. The first kappa shape index (κ1) is 19.9. The number of aromatic nitrogens is 1. The molecule has 3 aromatic rings. The van der Waals surface area contributed by atoms with Crippen LogP contribution in [0.15, 0.2) is 30.3 Å². The van der Waals surface area contributed by atoms with Crippen molar-refractivity contribution < 1.29 is 8.78 Å². The Morgan fingerprint density at radius 1 is 1.18 bits per heavy atom. The molecule has 5 heteroatoms. The van der Waals surface area contributed by atoms with E-state index in [1.54, 1.807) is 7.05 Å². The molecule has 0 radical (unpaired) electrons. The van der Waals surface area contributed by atoms with Gasteiger partial charge in [0.05, 0.1) is 6.04 Å². The number of halogens is 2. The van der Waals surface area contributed by atoms with E-state index < -0.39 is 17.7 Å². The molecule has 146 valence electrons.